The number of carboxylic acid groups (broad SMARTS) is 1. The summed E-state index contributed by atoms with van der Waals surface area (Å²) >= 11 is 6.15. The SMILES string of the molecule is COc1cc(NC(=O)c2cnn(C)c2N(C)S(=O)(=O)c2ccc(C)cc2)c(Cl)cc1C(=O)O. The van der Waals surface area contributed by atoms with E-state index in [1.54, 1.807) is 12.1 Å². The van der Waals surface area contributed by atoms with E-state index in [4.69, 9.17) is 16.3 Å². The lowest BCUT2D eigenvalue weighted by Crippen LogP contribution is -2.30. The van der Waals surface area contributed by atoms with Gasteiger partial charge >= 0.3 is 5.97 Å². The molecule has 0 fully saturated rings. The fourth-order valence-corrected chi connectivity index (χ4v) is 4.57. The van der Waals surface area contributed by atoms with E-state index in [2.05, 4.69) is 10.4 Å². The van der Waals surface area contributed by atoms with Gasteiger partial charge in [0.15, 0.2) is 5.82 Å². The molecule has 0 aliphatic heterocycles. The number of carbonyl (C=O) groups excluding carboxylic acids is 1. The highest BCUT2D eigenvalue weighted by Crippen LogP contribution is 2.32. The van der Waals surface area contributed by atoms with Crippen molar-refractivity contribution in [3.63, 3.8) is 0 Å². The lowest BCUT2D eigenvalue weighted by Gasteiger charge is -2.21. The Labute approximate surface area is 195 Å². The van der Waals surface area contributed by atoms with Crippen LogP contribution in [0.2, 0.25) is 5.02 Å². The summed E-state index contributed by atoms with van der Waals surface area (Å²) in [5.41, 5.74) is 0.778. The van der Waals surface area contributed by atoms with Crippen LogP contribution < -0.4 is 14.4 Å². The molecule has 0 saturated heterocycles. The quantitative estimate of drug-likeness (QED) is 0.517. The highest BCUT2D eigenvalue weighted by atomic mass is 35.5. The number of rotatable bonds is 7. The first kappa shape index (κ1) is 24.1. The molecule has 0 aliphatic carbocycles. The number of aryl methyl sites for hydroxylation is 2. The number of carbonyl (C=O) groups is 2. The highest BCUT2D eigenvalue weighted by Gasteiger charge is 2.29. The maximum atomic E-state index is 13.1. The molecule has 0 bridgehead atoms. The minimum Gasteiger partial charge on any atom is -0.496 e. The second-order valence-electron chi connectivity index (χ2n) is 7.08. The van der Waals surface area contributed by atoms with Crippen LogP contribution in [0.3, 0.4) is 0 Å². The molecular weight excluding hydrogens is 472 g/mol. The summed E-state index contributed by atoms with van der Waals surface area (Å²) in [6.07, 6.45) is 1.22. The van der Waals surface area contributed by atoms with Gasteiger partial charge in [-0.25, -0.2) is 13.2 Å². The topological polar surface area (TPSA) is 131 Å². The van der Waals surface area contributed by atoms with Gasteiger partial charge in [-0.3, -0.25) is 13.8 Å². The third-order valence-electron chi connectivity index (χ3n) is 4.90. The Morgan fingerprint density at radius 3 is 2.39 bits per heavy atom. The van der Waals surface area contributed by atoms with Crippen molar-refractivity contribution < 1.29 is 27.9 Å². The summed E-state index contributed by atoms with van der Waals surface area (Å²) in [6.45, 7) is 1.84. The van der Waals surface area contributed by atoms with Crippen molar-refractivity contribution >= 4 is 45.0 Å². The third-order valence-corrected chi connectivity index (χ3v) is 6.97. The monoisotopic (exact) mass is 492 g/mol. The smallest absolute Gasteiger partial charge is 0.339 e. The number of sulfonamides is 1. The van der Waals surface area contributed by atoms with Gasteiger partial charge in [0.1, 0.15) is 16.9 Å². The first-order valence-electron chi connectivity index (χ1n) is 9.47. The van der Waals surface area contributed by atoms with E-state index in [1.165, 1.54) is 50.3 Å². The zero-order valence-corrected chi connectivity index (χ0v) is 19.7. The van der Waals surface area contributed by atoms with Crippen LogP contribution in [0.5, 0.6) is 5.75 Å². The number of amides is 1. The van der Waals surface area contributed by atoms with Crippen molar-refractivity contribution in [2.75, 3.05) is 23.8 Å². The minimum atomic E-state index is -3.98. The molecule has 0 aliphatic rings. The first-order chi connectivity index (χ1) is 15.5. The van der Waals surface area contributed by atoms with Gasteiger partial charge in [-0.1, -0.05) is 29.3 Å². The van der Waals surface area contributed by atoms with E-state index >= 15 is 0 Å². The van der Waals surface area contributed by atoms with E-state index in [9.17, 15) is 23.1 Å². The van der Waals surface area contributed by atoms with Gasteiger partial charge in [0.05, 0.1) is 28.9 Å². The maximum absolute atomic E-state index is 13.1. The van der Waals surface area contributed by atoms with Gasteiger partial charge in [-0.2, -0.15) is 5.10 Å². The van der Waals surface area contributed by atoms with Gasteiger partial charge in [0, 0.05) is 20.2 Å². The molecule has 0 radical (unpaired) electrons. The maximum Gasteiger partial charge on any atom is 0.339 e. The largest absolute Gasteiger partial charge is 0.496 e. The van der Waals surface area contributed by atoms with Gasteiger partial charge < -0.3 is 15.2 Å². The van der Waals surface area contributed by atoms with E-state index in [-0.39, 0.29) is 38.3 Å². The molecule has 12 heteroatoms. The number of halogens is 1. The molecular formula is C21H21ClN4O6S. The number of anilines is 2. The summed E-state index contributed by atoms with van der Waals surface area (Å²) in [5.74, 6) is -1.92. The van der Waals surface area contributed by atoms with Gasteiger partial charge in [0.2, 0.25) is 0 Å². The average Bonchev–Trinajstić information content (AvgIpc) is 3.15. The molecule has 2 aromatic carbocycles. The predicted molar refractivity (Wildman–Crippen MR) is 123 cm³/mol. The Morgan fingerprint density at radius 1 is 1.18 bits per heavy atom. The number of hydrogen-bond acceptors (Lipinski definition) is 6. The molecule has 174 valence electrons. The number of carboxylic acids is 1. The molecule has 1 heterocycles. The summed E-state index contributed by atoms with van der Waals surface area (Å²) in [5, 5.41) is 15.8. The molecule has 2 N–H and O–H groups in total. The molecule has 10 nitrogen and oxygen atoms in total. The Bertz CT molecular complexity index is 1340. The lowest BCUT2D eigenvalue weighted by atomic mass is 10.1. The number of nitrogens with zero attached hydrogens (tertiary/aromatic N) is 3. The Morgan fingerprint density at radius 2 is 1.82 bits per heavy atom. The van der Waals surface area contributed by atoms with Gasteiger partial charge in [-0.15, -0.1) is 0 Å². The molecule has 0 unspecified atom stereocenters. The van der Waals surface area contributed by atoms with E-state index in [1.807, 2.05) is 6.92 Å². The Hall–Kier alpha value is -3.57. The number of benzene rings is 2. The first-order valence-corrected chi connectivity index (χ1v) is 11.3. The molecule has 1 amide bonds. The van der Waals surface area contributed by atoms with Crippen molar-refractivity contribution in [1.29, 1.82) is 0 Å². The number of hydrogen-bond donors (Lipinski definition) is 2. The zero-order chi connectivity index (χ0) is 24.5. The van der Waals surface area contributed by atoms with Gasteiger partial charge in [-0.05, 0) is 25.1 Å². The number of nitrogens with one attached hydrogen (secondary N) is 1. The van der Waals surface area contributed by atoms with Crippen LogP contribution in [0, 0.1) is 6.92 Å². The molecule has 1 aromatic heterocycles. The Kier molecular flexibility index (Phi) is 6.65. The van der Waals surface area contributed by atoms with Crippen LogP contribution in [0.1, 0.15) is 26.3 Å². The summed E-state index contributed by atoms with van der Waals surface area (Å²) in [4.78, 5) is 24.4. The number of ether oxygens (including phenoxy) is 1. The number of aromatic nitrogens is 2. The average molecular weight is 493 g/mol. The van der Waals surface area contributed by atoms with Gasteiger partial charge in [0.25, 0.3) is 15.9 Å². The van der Waals surface area contributed by atoms with E-state index < -0.39 is 21.9 Å². The van der Waals surface area contributed by atoms with Crippen LogP contribution >= 0.6 is 11.6 Å². The third kappa shape index (κ3) is 4.64. The van der Waals surface area contributed by atoms with Crippen LogP contribution in [0.15, 0.2) is 47.5 Å². The molecule has 3 rings (SSSR count). The molecule has 0 spiro atoms. The van der Waals surface area contributed by atoms with Crippen LogP contribution in [0.4, 0.5) is 11.5 Å². The number of aromatic carboxylic acids is 1. The standard InChI is InChI=1S/C21H21ClN4O6S/c1-12-5-7-13(8-6-12)33(30,31)26(3)20-15(11-23-25(20)2)19(27)24-17-10-18(32-4)14(21(28)29)9-16(17)22/h5-11H,1-4H3,(H,24,27)(H,28,29). The Balaban J connectivity index is 1.98. The molecule has 0 atom stereocenters. The van der Waals surface area contributed by atoms with Crippen molar-refractivity contribution in [2.45, 2.75) is 11.8 Å². The van der Waals surface area contributed by atoms with E-state index in [0.717, 1.165) is 15.9 Å². The minimum absolute atomic E-state index is 0.00678. The fraction of sp³-hybridized carbons (Fsp3) is 0.190. The van der Waals surface area contributed by atoms with Crippen molar-refractivity contribution in [1.82, 2.24) is 9.78 Å². The molecule has 3 aromatic rings. The normalized spacial score (nSPS) is 11.2. The summed E-state index contributed by atoms with van der Waals surface area (Å²) in [7, 11) is 0.125. The van der Waals surface area contributed by atoms with Crippen LogP contribution in [-0.4, -0.2) is 49.3 Å². The van der Waals surface area contributed by atoms with Crippen LogP contribution in [-0.2, 0) is 17.1 Å². The lowest BCUT2D eigenvalue weighted by molar-refractivity contribution is 0.0693. The van der Waals surface area contributed by atoms with Crippen molar-refractivity contribution in [3.05, 3.63) is 64.3 Å². The second-order valence-corrected chi connectivity index (χ2v) is 9.46. The number of methoxy groups -OCH3 is 1. The second kappa shape index (κ2) is 9.12. The predicted octanol–water partition coefficient (Wildman–Crippen LogP) is 3.17. The van der Waals surface area contributed by atoms with Crippen molar-refractivity contribution in [2.24, 2.45) is 7.05 Å². The molecule has 0 saturated carbocycles. The van der Waals surface area contributed by atoms with E-state index in [0.29, 0.717) is 0 Å². The highest BCUT2D eigenvalue weighted by molar-refractivity contribution is 7.92. The summed E-state index contributed by atoms with van der Waals surface area (Å²) < 4.78 is 33.5. The molecule has 33 heavy (non-hydrogen) atoms. The zero-order valence-electron chi connectivity index (χ0n) is 18.2. The van der Waals surface area contributed by atoms with Crippen molar-refractivity contribution in [3.8, 4) is 5.75 Å². The fourth-order valence-electron chi connectivity index (χ4n) is 3.12. The van der Waals surface area contributed by atoms with Crippen LogP contribution in [0.25, 0.3) is 0 Å². The summed E-state index contributed by atoms with van der Waals surface area (Å²) in [6, 6.07) is 8.73.